The molecule has 23 heavy (non-hydrogen) atoms. The summed E-state index contributed by atoms with van der Waals surface area (Å²) in [5.74, 6) is -0.376. The fourth-order valence-electron chi connectivity index (χ4n) is 3.28. The highest BCUT2D eigenvalue weighted by Gasteiger charge is 2.15. The third-order valence-electron chi connectivity index (χ3n) is 4.42. The molecule has 1 aromatic carbocycles. The highest BCUT2D eigenvalue weighted by molar-refractivity contribution is 6.09. The van der Waals surface area contributed by atoms with Crippen LogP contribution in [0.2, 0.25) is 0 Å². The van der Waals surface area contributed by atoms with E-state index in [9.17, 15) is 4.79 Å². The molecule has 0 bridgehead atoms. The average Bonchev–Trinajstić information content (AvgIpc) is 3.21. The van der Waals surface area contributed by atoms with Crippen LogP contribution in [-0.2, 0) is 4.74 Å². The van der Waals surface area contributed by atoms with Crippen molar-refractivity contribution in [3.8, 4) is 0 Å². The van der Waals surface area contributed by atoms with Gasteiger partial charge in [-0.3, -0.25) is 0 Å². The molecule has 4 rings (SSSR count). The van der Waals surface area contributed by atoms with Crippen molar-refractivity contribution in [3.63, 3.8) is 0 Å². The van der Waals surface area contributed by atoms with Gasteiger partial charge in [0, 0.05) is 35.1 Å². The van der Waals surface area contributed by atoms with E-state index in [0.717, 1.165) is 34.9 Å². The largest absolute Gasteiger partial charge is 0.461 e. The maximum atomic E-state index is 11.9. The van der Waals surface area contributed by atoms with Gasteiger partial charge in [0.25, 0.3) is 0 Å². The lowest BCUT2D eigenvalue weighted by atomic mass is 10.1. The molecule has 0 aliphatic carbocycles. The molecular weight excluding hydrogens is 290 g/mol. The van der Waals surface area contributed by atoms with Gasteiger partial charge in [-0.25, -0.2) is 9.78 Å². The molecule has 0 amide bonds. The Morgan fingerprint density at radius 3 is 2.78 bits per heavy atom. The lowest BCUT2D eigenvalue weighted by molar-refractivity contribution is 0.0520. The smallest absolute Gasteiger partial charge is 0.356 e. The standard InChI is InChI=1S/C18H19N3O2/c1-2-23-18(22)16-10-14-13-9-12(21-7-3-4-8-21)5-6-15(13)20-17(14)11-19-16/h5-6,9-11,20H,2-4,7-8H2,1H3. The summed E-state index contributed by atoms with van der Waals surface area (Å²) in [6.07, 6.45) is 4.21. The zero-order valence-electron chi connectivity index (χ0n) is 13.1. The first-order valence-corrected chi connectivity index (χ1v) is 8.10. The molecule has 1 N–H and O–H groups in total. The molecule has 0 spiro atoms. The summed E-state index contributed by atoms with van der Waals surface area (Å²) in [5, 5.41) is 2.14. The molecule has 3 aromatic rings. The van der Waals surface area contributed by atoms with E-state index in [1.165, 1.54) is 18.5 Å². The first-order valence-electron chi connectivity index (χ1n) is 8.10. The quantitative estimate of drug-likeness (QED) is 0.752. The Bertz CT molecular complexity index is 878. The van der Waals surface area contributed by atoms with Crippen molar-refractivity contribution in [2.45, 2.75) is 19.8 Å². The minimum atomic E-state index is -0.376. The molecule has 5 nitrogen and oxygen atoms in total. The normalized spacial score (nSPS) is 14.7. The predicted octanol–water partition coefficient (Wildman–Crippen LogP) is 3.49. The van der Waals surface area contributed by atoms with Gasteiger partial charge in [-0.1, -0.05) is 0 Å². The van der Waals surface area contributed by atoms with E-state index in [4.69, 9.17) is 4.74 Å². The number of ether oxygens (including phenoxy) is 1. The molecule has 2 aromatic heterocycles. The first kappa shape index (κ1) is 14.1. The highest BCUT2D eigenvalue weighted by atomic mass is 16.5. The fourth-order valence-corrected chi connectivity index (χ4v) is 3.28. The molecule has 118 valence electrons. The number of aromatic amines is 1. The summed E-state index contributed by atoms with van der Waals surface area (Å²) < 4.78 is 5.05. The second kappa shape index (κ2) is 5.57. The van der Waals surface area contributed by atoms with Crippen molar-refractivity contribution in [2.75, 3.05) is 24.6 Å². The van der Waals surface area contributed by atoms with Crippen LogP contribution in [0.15, 0.2) is 30.5 Å². The summed E-state index contributed by atoms with van der Waals surface area (Å²) in [4.78, 5) is 21.9. The van der Waals surface area contributed by atoms with Crippen LogP contribution >= 0.6 is 0 Å². The van der Waals surface area contributed by atoms with Gasteiger partial charge < -0.3 is 14.6 Å². The number of esters is 1. The molecular formula is C18H19N3O2. The lowest BCUT2D eigenvalue weighted by Gasteiger charge is -2.17. The second-order valence-electron chi connectivity index (χ2n) is 5.88. The summed E-state index contributed by atoms with van der Waals surface area (Å²) in [6.45, 7) is 4.38. The van der Waals surface area contributed by atoms with Gasteiger partial charge in [0.1, 0.15) is 5.69 Å². The molecule has 1 fully saturated rings. The number of carbonyl (C=O) groups excluding carboxylic acids is 1. The number of nitrogens with zero attached hydrogens (tertiary/aromatic N) is 2. The number of benzene rings is 1. The average molecular weight is 309 g/mol. The first-order chi connectivity index (χ1) is 11.3. The van der Waals surface area contributed by atoms with Crippen LogP contribution in [-0.4, -0.2) is 35.6 Å². The van der Waals surface area contributed by atoms with Crippen molar-refractivity contribution >= 4 is 33.5 Å². The zero-order valence-corrected chi connectivity index (χ0v) is 13.1. The lowest BCUT2D eigenvalue weighted by Crippen LogP contribution is -2.17. The number of hydrogen-bond acceptors (Lipinski definition) is 4. The van der Waals surface area contributed by atoms with Gasteiger partial charge in [-0.2, -0.15) is 0 Å². The maximum Gasteiger partial charge on any atom is 0.356 e. The Hall–Kier alpha value is -2.56. The molecule has 0 atom stereocenters. The highest BCUT2D eigenvalue weighted by Crippen LogP contribution is 2.30. The molecule has 0 radical (unpaired) electrons. The minimum absolute atomic E-state index is 0.353. The van der Waals surface area contributed by atoms with Gasteiger partial charge in [0.2, 0.25) is 0 Å². The summed E-state index contributed by atoms with van der Waals surface area (Å²) in [6, 6.07) is 8.28. The van der Waals surface area contributed by atoms with Crippen LogP contribution in [0.5, 0.6) is 0 Å². The Balaban J connectivity index is 1.83. The third kappa shape index (κ3) is 2.42. The molecule has 0 unspecified atom stereocenters. The van der Waals surface area contributed by atoms with Gasteiger partial charge in [-0.05, 0) is 44.0 Å². The number of H-pyrrole nitrogens is 1. The Morgan fingerprint density at radius 2 is 2.00 bits per heavy atom. The van der Waals surface area contributed by atoms with Crippen molar-refractivity contribution in [1.29, 1.82) is 0 Å². The maximum absolute atomic E-state index is 11.9. The number of fused-ring (bicyclic) bond motifs is 3. The van der Waals surface area contributed by atoms with E-state index in [1.807, 2.05) is 6.07 Å². The zero-order chi connectivity index (χ0) is 15.8. The molecule has 0 saturated carbocycles. The summed E-state index contributed by atoms with van der Waals surface area (Å²) in [5.41, 5.74) is 3.59. The summed E-state index contributed by atoms with van der Waals surface area (Å²) >= 11 is 0. The number of carbonyl (C=O) groups is 1. The molecule has 3 heterocycles. The van der Waals surface area contributed by atoms with Crippen LogP contribution in [0.1, 0.15) is 30.3 Å². The van der Waals surface area contributed by atoms with Gasteiger partial charge in [0.05, 0.1) is 18.3 Å². The van der Waals surface area contributed by atoms with Crippen molar-refractivity contribution < 1.29 is 9.53 Å². The van der Waals surface area contributed by atoms with Gasteiger partial charge >= 0.3 is 5.97 Å². The van der Waals surface area contributed by atoms with E-state index in [0.29, 0.717) is 12.3 Å². The van der Waals surface area contributed by atoms with Crippen LogP contribution in [0.25, 0.3) is 21.8 Å². The van der Waals surface area contributed by atoms with Crippen LogP contribution < -0.4 is 4.90 Å². The Kier molecular flexibility index (Phi) is 3.41. The monoisotopic (exact) mass is 309 g/mol. The number of anilines is 1. The van der Waals surface area contributed by atoms with Crippen molar-refractivity contribution in [1.82, 2.24) is 9.97 Å². The second-order valence-corrected chi connectivity index (χ2v) is 5.88. The topological polar surface area (TPSA) is 58.2 Å². The molecule has 1 saturated heterocycles. The van der Waals surface area contributed by atoms with E-state index < -0.39 is 0 Å². The van der Waals surface area contributed by atoms with Gasteiger partial charge in [-0.15, -0.1) is 0 Å². The number of aromatic nitrogens is 2. The number of nitrogens with one attached hydrogen (secondary N) is 1. The van der Waals surface area contributed by atoms with Crippen molar-refractivity contribution in [3.05, 3.63) is 36.2 Å². The Morgan fingerprint density at radius 1 is 1.22 bits per heavy atom. The predicted molar refractivity (Wildman–Crippen MR) is 91.0 cm³/mol. The SMILES string of the molecule is CCOC(=O)c1cc2c(cn1)[nH]c1ccc(N3CCCC3)cc12. The van der Waals surface area contributed by atoms with Crippen LogP contribution in [0.3, 0.4) is 0 Å². The van der Waals surface area contributed by atoms with Crippen molar-refractivity contribution in [2.24, 2.45) is 0 Å². The molecule has 1 aliphatic heterocycles. The van der Waals surface area contributed by atoms with E-state index in [-0.39, 0.29) is 5.97 Å². The van der Waals surface area contributed by atoms with E-state index >= 15 is 0 Å². The van der Waals surface area contributed by atoms with Crippen LogP contribution in [0.4, 0.5) is 5.69 Å². The van der Waals surface area contributed by atoms with E-state index in [1.54, 1.807) is 13.1 Å². The fraction of sp³-hybridized carbons (Fsp3) is 0.333. The number of pyridine rings is 1. The minimum Gasteiger partial charge on any atom is -0.461 e. The molecule has 5 heteroatoms. The number of hydrogen-bond donors (Lipinski definition) is 1. The van der Waals surface area contributed by atoms with Gasteiger partial charge in [0.15, 0.2) is 0 Å². The number of rotatable bonds is 3. The van der Waals surface area contributed by atoms with E-state index in [2.05, 4.69) is 33.1 Å². The molecule has 1 aliphatic rings. The summed E-state index contributed by atoms with van der Waals surface area (Å²) in [7, 11) is 0. The van der Waals surface area contributed by atoms with Crippen LogP contribution in [0, 0.1) is 0 Å². The third-order valence-corrected chi connectivity index (χ3v) is 4.42. The Labute approximate surface area is 134 Å².